The van der Waals surface area contributed by atoms with Gasteiger partial charge >= 0.3 is 0 Å². The van der Waals surface area contributed by atoms with Crippen molar-refractivity contribution in [3.8, 4) is 5.75 Å². The maximum absolute atomic E-state index is 13.2. The number of hydrogen-bond donors (Lipinski definition) is 2. The Morgan fingerprint density at radius 3 is 2.73 bits per heavy atom. The third-order valence-corrected chi connectivity index (χ3v) is 3.60. The lowest BCUT2D eigenvalue weighted by Crippen LogP contribution is -2.41. The summed E-state index contributed by atoms with van der Waals surface area (Å²) in [5.74, 6) is 2.49. The van der Waals surface area contributed by atoms with E-state index in [4.69, 9.17) is 4.74 Å². The Morgan fingerprint density at radius 1 is 1.35 bits per heavy atom. The molecule has 0 spiro atoms. The highest BCUT2D eigenvalue weighted by molar-refractivity contribution is 14.0. The number of aromatic nitrogens is 3. The molecule has 0 aliphatic heterocycles. The van der Waals surface area contributed by atoms with Crippen LogP contribution in [-0.4, -0.2) is 39.9 Å². The predicted octanol–water partition coefficient (Wildman–Crippen LogP) is 2.40. The number of guanidine groups is 1. The first-order valence-corrected chi connectivity index (χ1v) is 8.29. The van der Waals surface area contributed by atoms with Gasteiger partial charge in [0.25, 0.3) is 0 Å². The highest BCUT2D eigenvalue weighted by Crippen LogP contribution is 2.13. The molecular weight excluding hydrogens is 450 g/mol. The molecule has 9 heteroatoms. The van der Waals surface area contributed by atoms with E-state index in [0.717, 1.165) is 18.2 Å². The van der Waals surface area contributed by atoms with Gasteiger partial charge in [0.15, 0.2) is 11.8 Å². The maximum atomic E-state index is 13.2. The number of aliphatic imine (C=N–C) groups is 1. The molecule has 0 saturated heterocycles. The minimum atomic E-state index is -0.313. The van der Waals surface area contributed by atoms with Crippen LogP contribution in [0.1, 0.15) is 25.5 Å². The lowest BCUT2D eigenvalue weighted by atomic mass is 10.3. The van der Waals surface area contributed by atoms with Crippen LogP contribution >= 0.6 is 24.0 Å². The molecule has 0 fully saturated rings. The standard InChI is InChI=1S/C17H25FN6O.HI/c1-5-19-17(21-11-16-23-22-13(3)24(16)4)20-10-12(2)25-15-8-6-7-14(18)9-15;/h6-9,12H,5,10-11H2,1-4H3,(H2,19,20,21);1H. The average Bonchev–Trinajstić information content (AvgIpc) is 2.89. The van der Waals surface area contributed by atoms with Gasteiger partial charge < -0.3 is 19.9 Å². The van der Waals surface area contributed by atoms with E-state index in [0.29, 0.717) is 24.8 Å². The molecule has 0 bridgehead atoms. The molecule has 1 unspecified atom stereocenters. The largest absolute Gasteiger partial charge is 0.489 e. The molecule has 2 aromatic rings. The van der Waals surface area contributed by atoms with Gasteiger partial charge in [0.2, 0.25) is 0 Å². The van der Waals surface area contributed by atoms with Crippen molar-refractivity contribution in [3.63, 3.8) is 0 Å². The zero-order valence-electron chi connectivity index (χ0n) is 15.5. The van der Waals surface area contributed by atoms with Crippen LogP contribution in [0.3, 0.4) is 0 Å². The third kappa shape index (κ3) is 6.77. The van der Waals surface area contributed by atoms with Crippen molar-refractivity contribution in [2.24, 2.45) is 12.0 Å². The lowest BCUT2D eigenvalue weighted by Gasteiger charge is -2.17. The number of ether oxygens (including phenoxy) is 1. The van der Waals surface area contributed by atoms with Crippen molar-refractivity contribution in [1.82, 2.24) is 25.4 Å². The van der Waals surface area contributed by atoms with Crippen molar-refractivity contribution in [1.29, 1.82) is 0 Å². The smallest absolute Gasteiger partial charge is 0.191 e. The first-order valence-electron chi connectivity index (χ1n) is 8.29. The maximum Gasteiger partial charge on any atom is 0.191 e. The van der Waals surface area contributed by atoms with Gasteiger partial charge in [0.1, 0.15) is 30.0 Å². The Morgan fingerprint density at radius 2 is 2.12 bits per heavy atom. The molecule has 144 valence electrons. The zero-order chi connectivity index (χ0) is 18.2. The Kier molecular flexibility index (Phi) is 9.31. The summed E-state index contributed by atoms with van der Waals surface area (Å²) in [7, 11) is 1.91. The van der Waals surface area contributed by atoms with Crippen LogP contribution in [0.15, 0.2) is 29.3 Å². The van der Waals surface area contributed by atoms with E-state index >= 15 is 0 Å². The van der Waals surface area contributed by atoms with Gasteiger partial charge in [0, 0.05) is 19.7 Å². The van der Waals surface area contributed by atoms with Gasteiger partial charge in [-0.3, -0.25) is 0 Å². The van der Waals surface area contributed by atoms with Crippen LogP contribution in [0.5, 0.6) is 5.75 Å². The van der Waals surface area contributed by atoms with Crippen molar-refractivity contribution < 1.29 is 9.13 Å². The average molecular weight is 476 g/mol. The first kappa shape index (κ1) is 22.1. The summed E-state index contributed by atoms with van der Waals surface area (Å²) < 4.78 is 20.8. The summed E-state index contributed by atoms with van der Waals surface area (Å²) in [4.78, 5) is 4.51. The van der Waals surface area contributed by atoms with Crippen molar-refractivity contribution in [3.05, 3.63) is 41.7 Å². The van der Waals surface area contributed by atoms with Gasteiger partial charge in [-0.1, -0.05) is 6.07 Å². The minimum absolute atomic E-state index is 0. The summed E-state index contributed by atoms with van der Waals surface area (Å²) in [5.41, 5.74) is 0. The van der Waals surface area contributed by atoms with Gasteiger partial charge in [-0.25, -0.2) is 9.38 Å². The molecule has 2 N–H and O–H groups in total. The Hall–Kier alpha value is -1.91. The van der Waals surface area contributed by atoms with Crippen LogP contribution < -0.4 is 15.4 Å². The summed E-state index contributed by atoms with van der Waals surface area (Å²) in [5, 5.41) is 14.5. The Bertz CT molecular complexity index is 721. The number of aryl methyl sites for hydroxylation is 1. The monoisotopic (exact) mass is 476 g/mol. The quantitative estimate of drug-likeness (QED) is 0.365. The fraction of sp³-hybridized carbons (Fsp3) is 0.471. The predicted molar refractivity (Wildman–Crippen MR) is 110 cm³/mol. The minimum Gasteiger partial charge on any atom is -0.489 e. The number of nitrogens with one attached hydrogen (secondary N) is 2. The van der Waals surface area contributed by atoms with Crippen LogP contribution in [0.4, 0.5) is 4.39 Å². The normalized spacial score (nSPS) is 12.3. The molecule has 1 atom stereocenters. The number of benzene rings is 1. The van der Waals surface area contributed by atoms with Crippen LogP contribution in [0.2, 0.25) is 0 Å². The summed E-state index contributed by atoms with van der Waals surface area (Å²) in [6, 6.07) is 6.11. The van der Waals surface area contributed by atoms with Gasteiger partial charge in [-0.05, 0) is 32.9 Å². The molecule has 0 aliphatic rings. The Labute approximate surface area is 170 Å². The van der Waals surface area contributed by atoms with Gasteiger partial charge in [0.05, 0.1) is 6.54 Å². The fourth-order valence-corrected chi connectivity index (χ4v) is 2.13. The van der Waals surface area contributed by atoms with Gasteiger partial charge in [-0.15, -0.1) is 34.2 Å². The molecule has 0 saturated carbocycles. The molecule has 1 aromatic carbocycles. The highest BCUT2D eigenvalue weighted by Gasteiger charge is 2.08. The van der Waals surface area contributed by atoms with E-state index in [-0.39, 0.29) is 35.9 Å². The number of rotatable bonds is 7. The van der Waals surface area contributed by atoms with E-state index in [1.54, 1.807) is 12.1 Å². The third-order valence-electron chi connectivity index (χ3n) is 3.60. The summed E-state index contributed by atoms with van der Waals surface area (Å²) in [6.07, 6.45) is -0.150. The molecule has 0 aliphatic carbocycles. The van der Waals surface area contributed by atoms with Gasteiger partial charge in [-0.2, -0.15) is 0 Å². The van der Waals surface area contributed by atoms with Crippen molar-refractivity contribution >= 4 is 29.9 Å². The van der Waals surface area contributed by atoms with Crippen LogP contribution in [0.25, 0.3) is 0 Å². The number of halogens is 2. The second-order valence-electron chi connectivity index (χ2n) is 5.68. The van der Waals surface area contributed by atoms with E-state index < -0.39 is 0 Å². The topological polar surface area (TPSA) is 76.4 Å². The summed E-state index contributed by atoms with van der Waals surface area (Å²) in [6.45, 7) is 7.49. The lowest BCUT2D eigenvalue weighted by molar-refractivity contribution is 0.223. The molecule has 1 aromatic heterocycles. The number of hydrogen-bond acceptors (Lipinski definition) is 4. The van der Waals surface area contributed by atoms with E-state index in [1.165, 1.54) is 12.1 Å². The molecule has 0 amide bonds. The molecular formula is C17H26FIN6O. The Balaban J connectivity index is 0.00000338. The van der Waals surface area contributed by atoms with Crippen LogP contribution in [-0.2, 0) is 13.6 Å². The fourth-order valence-electron chi connectivity index (χ4n) is 2.13. The second-order valence-corrected chi connectivity index (χ2v) is 5.68. The second kappa shape index (κ2) is 10.9. The first-order chi connectivity index (χ1) is 12.0. The molecule has 1 heterocycles. The molecule has 0 radical (unpaired) electrons. The molecule has 7 nitrogen and oxygen atoms in total. The van der Waals surface area contributed by atoms with Crippen molar-refractivity contribution in [2.75, 3.05) is 13.1 Å². The van der Waals surface area contributed by atoms with Crippen molar-refractivity contribution in [2.45, 2.75) is 33.4 Å². The highest BCUT2D eigenvalue weighted by atomic mass is 127. The zero-order valence-corrected chi connectivity index (χ0v) is 17.8. The van der Waals surface area contributed by atoms with E-state index in [1.807, 2.05) is 32.4 Å². The summed E-state index contributed by atoms with van der Waals surface area (Å²) >= 11 is 0. The number of nitrogens with zero attached hydrogens (tertiary/aromatic N) is 4. The van der Waals surface area contributed by atoms with E-state index in [9.17, 15) is 4.39 Å². The SMILES string of the molecule is CCNC(=NCc1nnc(C)n1C)NCC(C)Oc1cccc(F)c1.I. The van der Waals surface area contributed by atoms with E-state index in [2.05, 4.69) is 25.8 Å². The molecule has 26 heavy (non-hydrogen) atoms. The van der Waals surface area contributed by atoms with Crippen LogP contribution in [0, 0.1) is 12.7 Å². The molecule has 2 rings (SSSR count).